The molecule has 2 unspecified atom stereocenters. The molecular weight excluding hydrogens is 395 g/mol. The Hall–Kier alpha value is -2.89. The lowest BCUT2D eigenvalue weighted by Gasteiger charge is -2.33. The number of nitrogens with one attached hydrogen (secondary N) is 1. The molecule has 1 fully saturated rings. The van der Waals surface area contributed by atoms with Crippen LogP contribution >= 0.6 is 0 Å². The summed E-state index contributed by atoms with van der Waals surface area (Å²) in [6.07, 6.45) is 2.43. The van der Waals surface area contributed by atoms with Crippen molar-refractivity contribution in [2.75, 3.05) is 18.4 Å². The maximum atomic E-state index is 13.3. The predicted molar refractivity (Wildman–Crippen MR) is 119 cm³/mol. The summed E-state index contributed by atoms with van der Waals surface area (Å²) in [5, 5.41) is 3.01. The van der Waals surface area contributed by atoms with Gasteiger partial charge in [-0.1, -0.05) is 26.0 Å². The fourth-order valence-corrected chi connectivity index (χ4v) is 3.77. The van der Waals surface area contributed by atoms with Gasteiger partial charge in [-0.15, -0.1) is 0 Å². The molecule has 0 aliphatic carbocycles. The van der Waals surface area contributed by atoms with Crippen LogP contribution in [0.2, 0.25) is 0 Å². The summed E-state index contributed by atoms with van der Waals surface area (Å²) in [5.41, 5.74) is 2.37. The van der Waals surface area contributed by atoms with Gasteiger partial charge in [-0.3, -0.25) is 9.59 Å². The standard InChI is InChI=1S/C25H31FN2O3/c1-4-17(2)25(30)28-12-6-8-20(15-28)24(29)27-23-11-10-22(13-18(23)3)31-16-19-7-5-9-21(26)14-19/h5,7,9-11,13-14,17,20H,4,6,8,12,15-16H2,1-3H3,(H,27,29). The van der Waals surface area contributed by atoms with Crippen molar-refractivity contribution in [1.29, 1.82) is 0 Å². The molecule has 1 aliphatic rings. The lowest BCUT2D eigenvalue weighted by molar-refractivity contribution is -0.138. The quantitative estimate of drug-likeness (QED) is 0.683. The molecule has 2 amide bonds. The molecule has 166 valence electrons. The number of amides is 2. The van der Waals surface area contributed by atoms with Crippen LogP contribution in [0.25, 0.3) is 0 Å². The van der Waals surface area contributed by atoms with Gasteiger partial charge in [0.1, 0.15) is 18.2 Å². The Balaban J connectivity index is 1.58. The van der Waals surface area contributed by atoms with E-state index < -0.39 is 0 Å². The van der Waals surface area contributed by atoms with Crippen LogP contribution in [0.15, 0.2) is 42.5 Å². The number of rotatable bonds is 7. The average molecular weight is 427 g/mol. The molecule has 2 aromatic carbocycles. The normalized spacial score (nSPS) is 17.2. The number of hydrogen-bond donors (Lipinski definition) is 1. The summed E-state index contributed by atoms with van der Waals surface area (Å²) in [4.78, 5) is 27.2. The number of halogens is 1. The maximum Gasteiger partial charge on any atom is 0.229 e. The van der Waals surface area contributed by atoms with Gasteiger partial charge in [0.05, 0.1) is 5.92 Å². The zero-order valence-electron chi connectivity index (χ0n) is 18.5. The van der Waals surface area contributed by atoms with Crippen molar-refractivity contribution >= 4 is 17.5 Å². The van der Waals surface area contributed by atoms with E-state index in [0.29, 0.717) is 12.3 Å². The molecule has 6 heteroatoms. The van der Waals surface area contributed by atoms with E-state index in [1.165, 1.54) is 12.1 Å². The average Bonchev–Trinajstić information content (AvgIpc) is 2.78. The highest BCUT2D eigenvalue weighted by Gasteiger charge is 2.30. The first-order valence-electron chi connectivity index (χ1n) is 10.9. The maximum absolute atomic E-state index is 13.3. The van der Waals surface area contributed by atoms with Crippen LogP contribution in [0, 0.1) is 24.6 Å². The van der Waals surface area contributed by atoms with Gasteiger partial charge in [0, 0.05) is 24.7 Å². The molecule has 1 N–H and O–H groups in total. The molecule has 0 saturated carbocycles. The fraction of sp³-hybridized carbons (Fsp3) is 0.440. The molecule has 0 spiro atoms. The van der Waals surface area contributed by atoms with Crippen molar-refractivity contribution in [2.45, 2.75) is 46.6 Å². The van der Waals surface area contributed by atoms with Gasteiger partial charge >= 0.3 is 0 Å². The largest absolute Gasteiger partial charge is 0.489 e. The number of anilines is 1. The Morgan fingerprint density at radius 1 is 1.26 bits per heavy atom. The van der Waals surface area contributed by atoms with Crippen molar-refractivity contribution < 1.29 is 18.7 Å². The Labute approximate surface area is 183 Å². The second-order valence-corrected chi connectivity index (χ2v) is 8.32. The smallest absolute Gasteiger partial charge is 0.229 e. The van der Waals surface area contributed by atoms with Crippen molar-refractivity contribution in [3.63, 3.8) is 0 Å². The number of ether oxygens (including phenoxy) is 1. The molecule has 31 heavy (non-hydrogen) atoms. The molecule has 1 saturated heterocycles. The van der Waals surface area contributed by atoms with Crippen LogP contribution in [0.5, 0.6) is 5.75 Å². The molecule has 2 aromatic rings. The van der Waals surface area contributed by atoms with Crippen LogP contribution in [0.4, 0.5) is 10.1 Å². The molecular formula is C25H31FN2O3. The summed E-state index contributed by atoms with van der Waals surface area (Å²) >= 11 is 0. The number of likely N-dealkylation sites (tertiary alicyclic amines) is 1. The summed E-state index contributed by atoms with van der Waals surface area (Å²) in [6.45, 7) is 7.32. The lowest BCUT2D eigenvalue weighted by atomic mass is 9.95. The number of carbonyl (C=O) groups excluding carboxylic acids is 2. The van der Waals surface area contributed by atoms with Crippen LogP contribution in [-0.4, -0.2) is 29.8 Å². The van der Waals surface area contributed by atoms with Gasteiger partial charge in [-0.25, -0.2) is 4.39 Å². The minimum atomic E-state index is -0.289. The number of nitrogens with zero attached hydrogens (tertiary/aromatic N) is 1. The zero-order valence-corrected chi connectivity index (χ0v) is 18.5. The number of piperidine rings is 1. The zero-order chi connectivity index (χ0) is 22.4. The molecule has 0 aromatic heterocycles. The second-order valence-electron chi connectivity index (χ2n) is 8.32. The molecule has 1 aliphatic heterocycles. The van der Waals surface area contributed by atoms with Crippen LogP contribution in [0.1, 0.15) is 44.2 Å². The molecule has 0 bridgehead atoms. The van der Waals surface area contributed by atoms with Gasteiger partial charge in [0.25, 0.3) is 0 Å². The van der Waals surface area contributed by atoms with E-state index >= 15 is 0 Å². The van der Waals surface area contributed by atoms with Crippen molar-refractivity contribution in [3.8, 4) is 5.75 Å². The first-order chi connectivity index (χ1) is 14.9. The van der Waals surface area contributed by atoms with Crippen molar-refractivity contribution in [2.24, 2.45) is 11.8 Å². The van der Waals surface area contributed by atoms with Gasteiger partial charge in [-0.2, -0.15) is 0 Å². The minimum absolute atomic E-state index is 0.0102. The summed E-state index contributed by atoms with van der Waals surface area (Å²) < 4.78 is 19.0. The lowest BCUT2D eigenvalue weighted by Crippen LogP contribution is -2.45. The molecule has 5 nitrogen and oxygen atoms in total. The highest BCUT2D eigenvalue weighted by Crippen LogP contribution is 2.25. The monoisotopic (exact) mass is 426 g/mol. The summed E-state index contributed by atoms with van der Waals surface area (Å²) in [5.74, 6) is 0.230. The SMILES string of the molecule is CCC(C)C(=O)N1CCCC(C(=O)Nc2ccc(OCc3cccc(F)c3)cc2C)C1. The van der Waals surface area contributed by atoms with Gasteiger partial charge < -0.3 is 15.0 Å². The van der Waals surface area contributed by atoms with E-state index in [-0.39, 0.29) is 36.1 Å². The summed E-state index contributed by atoms with van der Waals surface area (Å²) in [6, 6.07) is 11.8. The van der Waals surface area contributed by atoms with E-state index in [1.807, 2.05) is 43.9 Å². The van der Waals surface area contributed by atoms with E-state index in [1.54, 1.807) is 12.1 Å². The number of benzene rings is 2. The van der Waals surface area contributed by atoms with Crippen LogP contribution in [-0.2, 0) is 16.2 Å². The molecule has 0 radical (unpaired) electrons. The second kappa shape index (κ2) is 10.4. The van der Waals surface area contributed by atoms with Crippen molar-refractivity contribution in [3.05, 3.63) is 59.4 Å². The topological polar surface area (TPSA) is 58.6 Å². The number of hydrogen-bond acceptors (Lipinski definition) is 3. The highest BCUT2D eigenvalue weighted by atomic mass is 19.1. The van der Waals surface area contributed by atoms with Crippen molar-refractivity contribution in [1.82, 2.24) is 4.90 Å². The Bertz CT molecular complexity index is 931. The van der Waals surface area contributed by atoms with E-state index in [0.717, 1.165) is 42.6 Å². The Morgan fingerprint density at radius 2 is 2.06 bits per heavy atom. The van der Waals surface area contributed by atoms with E-state index in [9.17, 15) is 14.0 Å². The third-order valence-corrected chi connectivity index (χ3v) is 5.89. The van der Waals surface area contributed by atoms with E-state index in [2.05, 4.69) is 5.32 Å². The van der Waals surface area contributed by atoms with Crippen LogP contribution in [0.3, 0.4) is 0 Å². The molecule has 1 heterocycles. The highest BCUT2D eigenvalue weighted by molar-refractivity contribution is 5.94. The number of carbonyl (C=O) groups is 2. The molecule has 2 atom stereocenters. The number of aryl methyl sites for hydroxylation is 1. The van der Waals surface area contributed by atoms with Gasteiger partial charge in [0.2, 0.25) is 11.8 Å². The minimum Gasteiger partial charge on any atom is -0.489 e. The third kappa shape index (κ3) is 6.06. The summed E-state index contributed by atoms with van der Waals surface area (Å²) in [7, 11) is 0. The first-order valence-corrected chi connectivity index (χ1v) is 10.9. The van der Waals surface area contributed by atoms with E-state index in [4.69, 9.17) is 4.74 Å². The van der Waals surface area contributed by atoms with Crippen LogP contribution < -0.4 is 10.1 Å². The van der Waals surface area contributed by atoms with Gasteiger partial charge in [-0.05, 0) is 67.6 Å². The third-order valence-electron chi connectivity index (χ3n) is 5.89. The fourth-order valence-electron chi connectivity index (χ4n) is 3.77. The Kier molecular flexibility index (Phi) is 7.66. The van der Waals surface area contributed by atoms with Gasteiger partial charge in [0.15, 0.2) is 0 Å². The first kappa shape index (κ1) is 22.8. The molecule has 3 rings (SSSR count). The Morgan fingerprint density at radius 3 is 2.77 bits per heavy atom. The predicted octanol–water partition coefficient (Wildman–Crippen LogP) is 4.94.